The number of imidazole rings is 1. The van der Waals surface area contributed by atoms with Gasteiger partial charge in [0.05, 0.1) is 16.7 Å². The molecule has 3 aromatic heterocycles. The van der Waals surface area contributed by atoms with Crippen LogP contribution in [-0.2, 0) is 48.1 Å². The Morgan fingerprint density at radius 3 is 1.56 bits per heavy atom. The molecule has 4 heterocycles. The predicted molar refractivity (Wildman–Crippen MR) is 362 cm³/mol. The molecule has 5 nitrogen and oxygen atoms in total. The second kappa shape index (κ2) is 18.5. The molecular formula is C85H62N4OPt-2. The van der Waals surface area contributed by atoms with Gasteiger partial charge in [-0.2, -0.15) is 18.2 Å². The topological polar surface area (TPSA) is 35.9 Å². The standard InChI is InChI=1S/C85H62N4O.Pt/c1-80(2,3)54-44-45-86-78(48-54)89-75-43-39-52(53-38-42-72-73(47-53)84(7)71-35-18-17-34-70(71)82(5)67-31-14-13-30-66(67)81(4)68-32-15-16-33-69(68)83(72,6)85(81,82)84)46-65(75)63-41-40-57(50-77(63)89)90-56-23-20-22-55(49-56)87-51-88-74-36-19-12-28-62(74)60-26-10-8-24-58(60)59-25-9-11-27-61(59)64-29-21-37-76(87)79(64)88;/h8-48H,1-7H3;/q-2;. The Morgan fingerprint density at radius 1 is 0.429 bits per heavy atom. The molecule has 0 N–H and O–H groups in total. The second-order valence-corrected chi connectivity index (χ2v) is 27.5. The van der Waals surface area contributed by atoms with Gasteiger partial charge in [0.25, 0.3) is 6.33 Å². The van der Waals surface area contributed by atoms with Gasteiger partial charge in [-0.15, -0.1) is 29.7 Å². The summed E-state index contributed by atoms with van der Waals surface area (Å²) < 4.78 is 13.6. The minimum Gasteiger partial charge on any atom is -0.510 e. The van der Waals surface area contributed by atoms with E-state index in [1.165, 1.54) is 83.5 Å². The van der Waals surface area contributed by atoms with Gasteiger partial charge in [0.1, 0.15) is 5.82 Å². The summed E-state index contributed by atoms with van der Waals surface area (Å²) >= 11 is 0. The zero-order valence-electron chi connectivity index (χ0n) is 51.7. The third-order valence-corrected chi connectivity index (χ3v) is 22.7. The molecule has 0 saturated carbocycles. The number of benzene rings is 11. The van der Waals surface area contributed by atoms with Crippen molar-refractivity contribution in [1.29, 1.82) is 0 Å². The summed E-state index contributed by atoms with van der Waals surface area (Å²) in [6.07, 6.45) is 5.77. The van der Waals surface area contributed by atoms with Crippen molar-refractivity contribution in [3.8, 4) is 73.2 Å². The molecule has 19 rings (SSSR count). The molecule has 440 valence electrons. The van der Waals surface area contributed by atoms with Crippen LogP contribution < -0.4 is 9.30 Å². The number of rotatable bonds is 5. The molecule has 0 saturated heterocycles. The maximum absolute atomic E-state index is 6.93. The molecule has 5 atom stereocenters. The van der Waals surface area contributed by atoms with Crippen LogP contribution in [0.2, 0.25) is 0 Å². The largest absolute Gasteiger partial charge is 0.510 e. The molecule has 1 aliphatic heterocycles. The Kier molecular flexibility index (Phi) is 11.0. The third-order valence-electron chi connectivity index (χ3n) is 22.7. The van der Waals surface area contributed by atoms with Gasteiger partial charge >= 0.3 is 0 Å². The maximum Gasteiger partial charge on any atom is 0.268 e. The zero-order valence-corrected chi connectivity index (χ0v) is 54.0. The summed E-state index contributed by atoms with van der Waals surface area (Å²) in [5.74, 6) is 1.98. The van der Waals surface area contributed by atoms with Gasteiger partial charge in [0.2, 0.25) is 0 Å². The molecule has 5 aliphatic rings. The first kappa shape index (κ1) is 54.3. The van der Waals surface area contributed by atoms with Crippen LogP contribution in [0.1, 0.15) is 98.5 Å². The van der Waals surface area contributed by atoms with Crippen molar-refractivity contribution >= 4 is 32.8 Å². The van der Waals surface area contributed by atoms with E-state index in [-0.39, 0.29) is 53.6 Å². The van der Waals surface area contributed by atoms with E-state index < -0.39 is 0 Å². The summed E-state index contributed by atoms with van der Waals surface area (Å²) in [5, 5.41) is 2.19. The Hall–Kier alpha value is -9.67. The molecule has 0 radical (unpaired) electrons. The van der Waals surface area contributed by atoms with E-state index in [1.807, 2.05) is 18.3 Å². The van der Waals surface area contributed by atoms with E-state index >= 15 is 0 Å². The smallest absolute Gasteiger partial charge is 0.268 e. The van der Waals surface area contributed by atoms with Crippen molar-refractivity contribution in [3.63, 3.8) is 0 Å². The van der Waals surface area contributed by atoms with E-state index in [0.717, 1.165) is 61.2 Å². The van der Waals surface area contributed by atoms with Crippen LogP contribution in [0.15, 0.2) is 249 Å². The number of hydrogen-bond acceptors (Lipinski definition) is 2. The van der Waals surface area contributed by atoms with Crippen molar-refractivity contribution in [3.05, 3.63) is 317 Å². The third kappa shape index (κ3) is 6.50. The maximum atomic E-state index is 6.93. The first-order valence-electron chi connectivity index (χ1n) is 31.7. The number of para-hydroxylation sites is 2. The first-order valence-corrected chi connectivity index (χ1v) is 31.7. The number of nitrogens with zero attached hydrogens (tertiary/aromatic N) is 4. The van der Waals surface area contributed by atoms with Crippen LogP contribution in [0.5, 0.6) is 11.5 Å². The zero-order chi connectivity index (χ0) is 60.4. The van der Waals surface area contributed by atoms with Gasteiger partial charge in [-0.05, 0) is 141 Å². The molecule has 4 aliphatic carbocycles. The van der Waals surface area contributed by atoms with Crippen molar-refractivity contribution in [2.45, 2.75) is 75.5 Å². The Balaban J connectivity index is 0.00000614. The van der Waals surface area contributed by atoms with Crippen molar-refractivity contribution in [1.82, 2.24) is 14.1 Å². The SMILES string of the molecule is CC(C)(C)c1ccnc(-n2c3[c-]c(Oc4[c-]c(-n5[c-][n+]6c7c(cccc75)-c5ccccc5-c5ccccc5-c5ccccc5-6)ccc4)ccc3c3cc(-c4ccc5c(c4)C4(C)c6ccccc6C6(C)c7ccccc7C7(C)c8ccccc8C5(C)C764)ccc32)c1.[Pt]. The summed E-state index contributed by atoms with van der Waals surface area (Å²) in [6, 6.07) is 97.9. The fraction of sp³-hybridized carbons (Fsp3) is 0.153. The number of aromatic nitrogens is 4. The molecule has 6 heteroatoms. The van der Waals surface area contributed by atoms with Gasteiger partial charge in [-0.3, -0.25) is 4.57 Å². The number of ether oxygens (including phenoxy) is 1. The molecule has 91 heavy (non-hydrogen) atoms. The summed E-state index contributed by atoms with van der Waals surface area (Å²) in [7, 11) is 0. The van der Waals surface area contributed by atoms with Crippen molar-refractivity contribution in [2.75, 3.05) is 0 Å². The summed E-state index contributed by atoms with van der Waals surface area (Å²) in [6.45, 7) is 17.2. The fourth-order valence-electron chi connectivity index (χ4n) is 19.5. The second-order valence-electron chi connectivity index (χ2n) is 27.5. The fourth-order valence-corrected chi connectivity index (χ4v) is 19.5. The van der Waals surface area contributed by atoms with Crippen LogP contribution in [0, 0.1) is 23.9 Å². The molecule has 0 bridgehead atoms. The molecule has 5 unspecified atom stereocenters. The Morgan fingerprint density at radius 2 is 0.934 bits per heavy atom. The average Bonchev–Trinajstić information content (AvgIpc) is 1.41. The van der Waals surface area contributed by atoms with Crippen molar-refractivity contribution in [2.24, 2.45) is 5.41 Å². The van der Waals surface area contributed by atoms with Crippen LogP contribution in [-0.4, -0.2) is 14.1 Å². The monoisotopic (exact) mass is 1350 g/mol. The Labute approximate surface area is 545 Å². The van der Waals surface area contributed by atoms with Crippen molar-refractivity contribution < 1.29 is 30.4 Å². The number of pyridine rings is 1. The van der Waals surface area contributed by atoms with Crippen LogP contribution in [0.4, 0.5) is 0 Å². The molecule has 14 aromatic rings. The van der Waals surface area contributed by atoms with Gasteiger partial charge in [-0.1, -0.05) is 236 Å². The Bertz CT molecular complexity index is 5470. The quantitative estimate of drug-likeness (QED) is 0.127. The van der Waals surface area contributed by atoms with Gasteiger partial charge in [0, 0.05) is 71.4 Å². The van der Waals surface area contributed by atoms with E-state index in [4.69, 9.17) is 9.72 Å². The van der Waals surface area contributed by atoms with Gasteiger partial charge in [0.15, 0.2) is 0 Å². The summed E-state index contributed by atoms with van der Waals surface area (Å²) in [4.78, 5) is 5.11. The van der Waals surface area contributed by atoms with Crippen LogP contribution in [0.3, 0.4) is 0 Å². The summed E-state index contributed by atoms with van der Waals surface area (Å²) in [5.41, 5.74) is 26.5. The van der Waals surface area contributed by atoms with Crippen LogP contribution in [0.25, 0.3) is 94.5 Å². The van der Waals surface area contributed by atoms with Gasteiger partial charge < -0.3 is 13.9 Å². The van der Waals surface area contributed by atoms with Crippen LogP contribution >= 0.6 is 0 Å². The van der Waals surface area contributed by atoms with E-state index in [9.17, 15) is 0 Å². The van der Waals surface area contributed by atoms with E-state index in [1.54, 1.807) is 0 Å². The molecule has 11 aromatic carbocycles. The van der Waals surface area contributed by atoms with Gasteiger partial charge in [-0.25, -0.2) is 4.98 Å². The molecule has 0 fully saturated rings. The van der Waals surface area contributed by atoms with E-state index in [0.29, 0.717) is 11.5 Å². The molecule has 0 amide bonds. The first-order chi connectivity index (χ1) is 43.8. The minimum atomic E-state index is -0.352. The number of fused-ring (bicyclic) bond motifs is 22. The number of hydrogen-bond donors (Lipinski definition) is 0. The predicted octanol–water partition coefficient (Wildman–Crippen LogP) is 19.4. The minimum absolute atomic E-state index is 0. The molecular weight excluding hydrogens is 1290 g/mol. The van der Waals surface area contributed by atoms with E-state index in [2.05, 4.69) is 311 Å². The molecule has 1 spiro atoms. The average molecular weight is 1350 g/mol. The normalized spacial score (nSPS) is 21.5.